The summed E-state index contributed by atoms with van der Waals surface area (Å²) in [6.07, 6.45) is 0.938. The van der Waals surface area contributed by atoms with Gasteiger partial charge in [0.25, 0.3) is 5.91 Å². The van der Waals surface area contributed by atoms with Crippen LogP contribution >= 0.6 is 11.3 Å². The molecule has 1 N–H and O–H groups in total. The van der Waals surface area contributed by atoms with Crippen LogP contribution in [-0.4, -0.2) is 37.4 Å². The van der Waals surface area contributed by atoms with E-state index in [4.69, 9.17) is 0 Å². The van der Waals surface area contributed by atoms with Gasteiger partial charge in [0.1, 0.15) is 0 Å². The molecular weight excluding hydrogens is 260 g/mol. The van der Waals surface area contributed by atoms with Gasteiger partial charge in [-0.25, -0.2) is 0 Å². The second kappa shape index (κ2) is 6.70. The molecule has 2 amide bonds. The van der Waals surface area contributed by atoms with Crippen LogP contribution in [0.25, 0.3) is 0 Å². The maximum absolute atomic E-state index is 12.3. The summed E-state index contributed by atoms with van der Waals surface area (Å²) < 4.78 is 0. The van der Waals surface area contributed by atoms with Gasteiger partial charge in [-0.05, 0) is 25.0 Å². The summed E-state index contributed by atoms with van der Waals surface area (Å²) in [5, 5.41) is 2.60. The van der Waals surface area contributed by atoms with Crippen molar-refractivity contribution in [1.82, 2.24) is 10.2 Å². The summed E-state index contributed by atoms with van der Waals surface area (Å²) in [5.74, 6) is -0.259. The smallest absolute Gasteiger partial charge is 0.263 e. The number of thiophene rings is 1. The van der Waals surface area contributed by atoms with E-state index in [-0.39, 0.29) is 17.7 Å². The van der Waals surface area contributed by atoms with E-state index in [1.165, 1.54) is 21.8 Å². The average molecular weight is 282 g/mol. The third kappa shape index (κ3) is 3.80. The van der Waals surface area contributed by atoms with E-state index in [1.807, 2.05) is 19.9 Å². The van der Waals surface area contributed by atoms with Gasteiger partial charge in [-0.2, -0.15) is 0 Å². The molecule has 0 aliphatic carbocycles. The van der Waals surface area contributed by atoms with Crippen molar-refractivity contribution in [2.75, 3.05) is 20.6 Å². The van der Waals surface area contributed by atoms with Gasteiger partial charge in [-0.1, -0.05) is 13.8 Å². The van der Waals surface area contributed by atoms with Crippen LogP contribution in [0.15, 0.2) is 6.07 Å². The van der Waals surface area contributed by atoms with Crippen molar-refractivity contribution >= 4 is 23.2 Å². The van der Waals surface area contributed by atoms with E-state index in [9.17, 15) is 9.59 Å². The van der Waals surface area contributed by atoms with Crippen molar-refractivity contribution in [2.45, 2.75) is 27.2 Å². The van der Waals surface area contributed by atoms with Gasteiger partial charge in [-0.15, -0.1) is 11.3 Å². The standard InChI is InChI=1S/C14H22N2O2S/c1-6-11-7-12(19-10(11)3)14(18)16(5)8-9(2)13(17)15-4/h7,9H,6,8H2,1-5H3,(H,15,17). The molecule has 0 radical (unpaired) electrons. The van der Waals surface area contributed by atoms with Crippen LogP contribution in [-0.2, 0) is 11.2 Å². The number of hydrogen-bond acceptors (Lipinski definition) is 3. The predicted octanol–water partition coefficient (Wildman–Crippen LogP) is 2.07. The molecule has 1 rings (SSSR count). The highest BCUT2D eigenvalue weighted by atomic mass is 32.1. The van der Waals surface area contributed by atoms with Gasteiger partial charge in [0, 0.05) is 25.5 Å². The van der Waals surface area contributed by atoms with Crippen LogP contribution < -0.4 is 5.32 Å². The third-order valence-electron chi connectivity index (χ3n) is 3.20. The first kappa shape index (κ1) is 15.7. The summed E-state index contributed by atoms with van der Waals surface area (Å²) in [6.45, 7) is 6.37. The molecule has 4 nitrogen and oxygen atoms in total. The molecule has 1 aromatic rings. The number of amides is 2. The molecule has 0 saturated heterocycles. The second-order valence-corrected chi connectivity index (χ2v) is 6.00. The number of rotatable bonds is 5. The summed E-state index contributed by atoms with van der Waals surface area (Å²) in [4.78, 5) is 27.3. The van der Waals surface area contributed by atoms with Gasteiger partial charge < -0.3 is 10.2 Å². The molecule has 0 aromatic carbocycles. The second-order valence-electron chi connectivity index (χ2n) is 4.75. The molecule has 1 atom stereocenters. The van der Waals surface area contributed by atoms with Crippen molar-refractivity contribution in [1.29, 1.82) is 0 Å². The van der Waals surface area contributed by atoms with Crippen molar-refractivity contribution in [3.05, 3.63) is 21.4 Å². The van der Waals surface area contributed by atoms with Crippen LogP contribution in [0.2, 0.25) is 0 Å². The number of carbonyl (C=O) groups excluding carboxylic acids is 2. The lowest BCUT2D eigenvalue weighted by Gasteiger charge is -2.20. The first-order chi connectivity index (χ1) is 8.90. The molecule has 0 aliphatic heterocycles. The quantitative estimate of drug-likeness (QED) is 0.899. The predicted molar refractivity (Wildman–Crippen MR) is 78.6 cm³/mol. The lowest BCUT2D eigenvalue weighted by Crippen LogP contribution is -2.37. The first-order valence-electron chi connectivity index (χ1n) is 6.47. The fourth-order valence-corrected chi connectivity index (χ4v) is 3.10. The molecule has 0 fully saturated rings. The SMILES string of the molecule is CCc1cc(C(=O)N(C)CC(C)C(=O)NC)sc1C. The van der Waals surface area contributed by atoms with E-state index in [2.05, 4.69) is 12.2 Å². The number of carbonyl (C=O) groups is 2. The zero-order valence-corrected chi connectivity index (χ0v) is 13.1. The van der Waals surface area contributed by atoms with Crippen molar-refractivity contribution in [2.24, 2.45) is 5.92 Å². The van der Waals surface area contributed by atoms with Crippen molar-refractivity contribution in [3.8, 4) is 0 Å². The summed E-state index contributed by atoms with van der Waals surface area (Å²) >= 11 is 1.52. The fraction of sp³-hybridized carbons (Fsp3) is 0.571. The van der Waals surface area contributed by atoms with Crippen LogP contribution in [0.3, 0.4) is 0 Å². The molecule has 19 heavy (non-hydrogen) atoms. The Morgan fingerprint density at radius 2 is 2.11 bits per heavy atom. The summed E-state index contributed by atoms with van der Waals surface area (Å²) in [5.41, 5.74) is 1.22. The Morgan fingerprint density at radius 1 is 1.47 bits per heavy atom. The van der Waals surface area contributed by atoms with Gasteiger partial charge >= 0.3 is 0 Å². The Labute approximate surface area is 118 Å². The fourth-order valence-electron chi connectivity index (χ4n) is 1.99. The van der Waals surface area contributed by atoms with Crippen LogP contribution in [0.1, 0.15) is 34.0 Å². The van der Waals surface area contributed by atoms with Gasteiger partial charge in [-0.3, -0.25) is 9.59 Å². The zero-order chi connectivity index (χ0) is 14.6. The number of aryl methyl sites for hydroxylation is 2. The monoisotopic (exact) mass is 282 g/mol. The van der Waals surface area contributed by atoms with Crippen LogP contribution in [0.4, 0.5) is 0 Å². The van der Waals surface area contributed by atoms with E-state index >= 15 is 0 Å². The number of nitrogens with zero attached hydrogens (tertiary/aromatic N) is 1. The van der Waals surface area contributed by atoms with Crippen molar-refractivity contribution in [3.63, 3.8) is 0 Å². The molecule has 0 saturated carbocycles. The average Bonchev–Trinajstić information content (AvgIpc) is 2.77. The minimum absolute atomic E-state index is 0.0106. The zero-order valence-electron chi connectivity index (χ0n) is 12.2. The first-order valence-corrected chi connectivity index (χ1v) is 7.28. The Kier molecular flexibility index (Phi) is 5.54. The molecule has 5 heteroatoms. The third-order valence-corrected chi connectivity index (χ3v) is 4.28. The van der Waals surface area contributed by atoms with Crippen LogP contribution in [0, 0.1) is 12.8 Å². The Hall–Kier alpha value is -1.36. The van der Waals surface area contributed by atoms with E-state index in [0.29, 0.717) is 6.54 Å². The molecule has 1 unspecified atom stereocenters. The highest BCUT2D eigenvalue weighted by Gasteiger charge is 2.20. The lowest BCUT2D eigenvalue weighted by atomic mass is 10.1. The molecule has 0 bridgehead atoms. The highest BCUT2D eigenvalue weighted by Crippen LogP contribution is 2.23. The number of hydrogen-bond donors (Lipinski definition) is 1. The van der Waals surface area contributed by atoms with E-state index < -0.39 is 0 Å². The van der Waals surface area contributed by atoms with E-state index in [0.717, 1.165) is 11.3 Å². The Morgan fingerprint density at radius 3 is 2.58 bits per heavy atom. The minimum atomic E-state index is -0.203. The van der Waals surface area contributed by atoms with Crippen LogP contribution in [0.5, 0.6) is 0 Å². The van der Waals surface area contributed by atoms with Gasteiger partial charge in [0.2, 0.25) is 5.91 Å². The Balaban J connectivity index is 2.73. The van der Waals surface area contributed by atoms with Gasteiger partial charge in [0.15, 0.2) is 0 Å². The topological polar surface area (TPSA) is 49.4 Å². The molecule has 1 aromatic heterocycles. The van der Waals surface area contributed by atoms with Crippen molar-refractivity contribution < 1.29 is 9.59 Å². The molecule has 1 heterocycles. The molecule has 0 spiro atoms. The summed E-state index contributed by atoms with van der Waals surface area (Å²) in [6, 6.07) is 1.96. The molecule has 106 valence electrons. The largest absolute Gasteiger partial charge is 0.359 e. The maximum Gasteiger partial charge on any atom is 0.263 e. The molecular formula is C14H22N2O2S. The molecule has 0 aliphatic rings. The van der Waals surface area contributed by atoms with E-state index in [1.54, 1.807) is 19.0 Å². The normalized spacial score (nSPS) is 12.1. The minimum Gasteiger partial charge on any atom is -0.359 e. The Bertz CT molecular complexity index is 468. The lowest BCUT2D eigenvalue weighted by molar-refractivity contribution is -0.124. The summed E-state index contributed by atoms with van der Waals surface area (Å²) in [7, 11) is 3.35. The number of nitrogens with one attached hydrogen (secondary N) is 1. The highest BCUT2D eigenvalue weighted by molar-refractivity contribution is 7.14. The van der Waals surface area contributed by atoms with Gasteiger partial charge in [0.05, 0.1) is 10.8 Å². The maximum atomic E-state index is 12.3.